The molecule has 6 nitrogen and oxygen atoms in total. The lowest BCUT2D eigenvalue weighted by atomic mass is 9.99. The number of phenolic OH excluding ortho intramolecular Hbond substituents is 1. The molecule has 1 aliphatic heterocycles. The Kier molecular flexibility index (Phi) is 4.64. The zero-order valence-corrected chi connectivity index (χ0v) is 14.9. The summed E-state index contributed by atoms with van der Waals surface area (Å²) in [5.74, 6) is 0.249. The van der Waals surface area contributed by atoms with E-state index in [4.69, 9.17) is 0 Å². The molecule has 2 heterocycles. The van der Waals surface area contributed by atoms with Crippen molar-refractivity contribution < 1.29 is 10.0 Å². The van der Waals surface area contributed by atoms with Crippen LogP contribution in [-0.4, -0.2) is 26.0 Å². The van der Waals surface area contributed by atoms with Gasteiger partial charge in [-0.05, 0) is 24.6 Å². The van der Waals surface area contributed by atoms with Gasteiger partial charge in [0.2, 0.25) is 0 Å². The summed E-state index contributed by atoms with van der Waals surface area (Å²) in [6.07, 6.45) is 2.97. The first kappa shape index (κ1) is 17.3. The molecule has 6 heteroatoms. The van der Waals surface area contributed by atoms with Gasteiger partial charge in [-0.2, -0.15) is 0 Å². The third kappa shape index (κ3) is 3.31. The summed E-state index contributed by atoms with van der Waals surface area (Å²) in [6.45, 7) is 2.18. The van der Waals surface area contributed by atoms with Gasteiger partial charge in [0.25, 0.3) is 5.69 Å². The van der Waals surface area contributed by atoms with Crippen molar-refractivity contribution in [3.8, 4) is 5.75 Å². The highest BCUT2D eigenvalue weighted by molar-refractivity contribution is 5.46. The van der Waals surface area contributed by atoms with E-state index in [2.05, 4.69) is 9.47 Å². The molecule has 0 aliphatic carbocycles. The zero-order chi connectivity index (χ0) is 18.8. The van der Waals surface area contributed by atoms with E-state index in [1.807, 2.05) is 42.6 Å². The molecule has 3 aromatic rings. The highest BCUT2D eigenvalue weighted by Crippen LogP contribution is 2.38. The maximum Gasteiger partial charge on any atom is 0.274 e. The number of para-hydroxylation sites is 2. The monoisotopic (exact) mass is 363 g/mol. The predicted octanol–water partition coefficient (Wildman–Crippen LogP) is 4.10. The summed E-state index contributed by atoms with van der Waals surface area (Å²) in [6, 6.07) is 18.0. The molecule has 1 aromatic heterocycles. The van der Waals surface area contributed by atoms with E-state index in [-0.39, 0.29) is 22.4 Å². The molecule has 27 heavy (non-hydrogen) atoms. The topological polar surface area (TPSA) is 71.5 Å². The minimum Gasteiger partial charge on any atom is -0.508 e. The van der Waals surface area contributed by atoms with Crippen molar-refractivity contribution in [1.29, 1.82) is 0 Å². The second kappa shape index (κ2) is 7.25. The Balaban J connectivity index is 1.82. The fraction of sp³-hybridized carbons (Fsp3) is 0.238. The first-order valence-corrected chi connectivity index (χ1v) is 9.04. The number of nitro groups is 1. The number of nitrogens with zero attached hydrogens (tertiary/aromatic N) is 3. The lowest BCUT2D eigenvalue weighted by molar-refractivity contribution is -0.385. The van der Waals surface area contributed by atoms with Gasteiger partial charge in [0.15, 0.2) is 0 Å². The molecule has 1 N–H and O–H groups in total. The number of aryl methyl sites for hydroxylation is 1. The highest BCUT2D eigenvalue weighted by atomic mass is 16.6. The molecule has 1 aliphatic rings. The van der Waals surface area contributed by atoms with Crippen LogP contribution in [0.15, 0.2) is 66.9 Å². The zero-order valence-electron chi connectivity index (χ0n) is 14.9. The fourth-order valence-corrected chi connectivity index (χ4v) is 3.91. The number of benzene rings is 2. The van der Waals surface area contributed by atoms with E-state index in [0.29, 0.717) is 12.1 Å². The van der Waals surface area contributed by atoms with Crippen LogP contribution < -0.4 is 0 Å². The van der Waals surface area contributed by atoms with Crippen LogP contribution in [0, 0.1) is 10.1 Å². The maximum atomic E-state index is 11.7. The van der Waals surface area contributed by atoms with E-state index in [9.17, 15) is 15.2 Å². The Labute approximate surface area is 157 Å². The number of rotatable bonds is 4. The van der Waals surface area contributed by atoms with Crippen LogP contribution in [0.25, 0.3) is 0 Å². The van der Waals surface area contributed by atoms with Gasteiger partial charge in [-0.3, -0.25) is 15.0 Å². The number of fused-ring (bicyclic) bond motifs is 1. The van der Waals surface area contributed by atoms with Gasteiger partial charge in [0.1, 0.15) is 5.75 Å². The molecule has 0 spiro atoms. The summed E-state index contributed by atoms with van der Waals surface area (Å²) >= 11 is 0. The molecule has 0 amide bonds. The Morgan fingerprint density at radius 2 is 1.81 bits per heavy atom. The van der Waals surface area contributed by atoms with Crippen molar-refractivity contribution in [3.05, 3.63) is 93.8 Å². The average Bonchev–Trinajstić information content (AvgIpc) is 3.05. The van der Waals surface area contributed by atoms with Crippen LogP contribution in [-0.2, 0) is 13.1 Å². The fourth-order valence-electron chi connectivity index (χ4n) is 3.91. The van der Waals surface area contributed by atoms with E-state index in [0.717, 1.165) is 30.8 Å². The van der Waals surface area contributed by atoms with Gasteiger partial charge >= 0.3 is 0 Å². The highest BCUT2D eigenvalue weighted by Gasteiger charge is 2.32. The summed E-state index contributed by atoms with van der Waals surface area (Å²) in [5.41, 5.74) is 2.66. The van der Waals surface area contributed by atoms with Gasteiger partial charge in [-0.15, -0.1) is 0 Å². The van der Waals surface area contributed by atoms with Gasteiger partial charge < -0.3 is 9.67 Å². The van der Waals surface area contributed by atoms with Gasteiger partial charge in [0.05, 0.1) is 16.5 Å². The largest absolute Gasteiger partial charge is 0.508 e. The standard InChI is InChI=1S/C21H21N3O3/c25-20-11-4-1-7-16(20)15-23-14-6-13-22-12-5-10-19(22)21(23)17-8-2-3-9-18(17)24(26)27/h1-5,7-12,21,25H,6,13-15H2/t21-/m0/s1. The van der Waals surface area contributed by atoms with Crippen LogP contribution in [0.4, 0.5) is 5.69 Å². The normalized spacial score (nSPS) is 17.3. The molecule has 0 unspecified atom stereocenters. The summed E-state index contributed by atoms with van der Waals surface area (Å²) in [5, 5.41) is 21.9. The summed E-state index contributed by atoms with van der Waals surface area (Å²) in [4.78, 5) is 13.6. The molecule has 0 radical (unpaired) electrons. The van der Waals surface area contributed by atoms with Crippen LogP contribution in [0.1, 0.15) is 29.3 Å². The number of hydrogen-bond acceptors (Lipinski definition) is 4. The van der Waals surface area contributed by atoms with Crippen molar-refractivity contribution in [2.24, 2.45) is 0 Å². The van der Waals surface area contributed by atoms with Crippen molar-refractivity contribution in [2.45, 2.75) is 25.6 Å². The van der Waals surface area contributed by atoms with Crippen LogP contribution in [0.2, 0.25) is 0 Å². The van der Waals surface area contributed by atoms with Crippen molar-refractivity contribution in [3.63, 3.8) is 0 Å². The lowest BCUT2D eigenvalue weighted by Crippen LogP contribution is -2.30. The molecule has 0 bridgehead atoms. The molecule has 1 atom stereocenters. The van der Waals surface area contributed by atoms with Crippen LogP contribution in [0.5, 0.6) is 5.75 Å². The lowest BCUT2D eigenvalue weighted by Gasteiger charge is -2.30. The average molecular weight is 363 g/mol. The minimum absolute atomic E-state index is 0.124. The van der Waals surface area contributed by atoms with E-state index in [1.54, 1.807) is 24.3 Å². The third-order valence-corrected chi connectivity index (χ3v) is 5.15. The van der Waals surface area contributed by atoms with E-state index >= 15 is 0 Å². The van der Waals surface area contributed by atoms with E-state index in [1.165, 1.54) is 0 Å². The molecule has 0 saturated heterocycles. The number of hydrogen-bond donors (Lipinski definition) is 1. The third-order valence-electron chi connectivity index (χ3n) is 5.15. The maximum absolute atomic E-state index is 11.7. The summed E-state index contributed by atoms with van der Waals surface area (Å²) < 4.78 is 2.17. The number of aromatic hydroxyl groups is 1. The van der Waals surface area contributed by atoms with E-state index < -0.39 is 0 Å². The van der Waals surface area contributed by atoms with Gasteiger partial charge in [-0.1, -0.05) is 36.4 Å². The van der Waals surface area contributed by atoms with Crippen molar-refractivity contribution in [2.75, 3.05) is 6.54 Å². The smallest absolute Gasteiger partial charge is 0.274 e. The molecular formula is C21H21N3O3. The quantitative estimate of drug-likeness (QED) is 0.560. The minimum atomic E-state index is -0.314. The second-order valence-corrected chi connectivity index (χ2v) is 6.80. The van der Waals surface area contributed by atoms with Gasteiger partial charge in [0, 0.05) is 43.2 Å². The molecule has 138 valence electrons. The SMILES string of the molecule is O=[N+]([O-])c1ccccc1[C@H]1c2cccn2CCCN1Cc1ccccc1O. The first-order chi connectivity index (χ1) is 13.1. The molecule has 0 fully saturated rings. The second-order valence-electron chi connectivity index (χ2n) is 6.80. The van der Waals surface area contributed by atoms with Crippen molar-refractivity contribution >= 4 is 5.69 Å². The Morgan fingerprint density at radius 3 is 2.63 bits per heavy atom. The molecular weight excluding hydrogens is 342 g/mol. The molecule has 4 rings (SSSR count). The first-order valence-electron chi connectivity index (χ1n) is 9.04. The van der Waals surface area contributed by atoms with Gasteiger partial charge in [-0.25, -0.2) is 0 Å². The van der Waals surface area contributed by atoms with Crippen molar-refractivity contribution in [1.82, 2.24) is 9.47 Å². The molecule has 2 aromatic carbocycles. The Bertz CT molecular complexity index is 967. The number of nitro benzene ring substituents is 1. The number of aromatic nitrogens is 1. The molecule has 0 saturated carbocycles. The summed E-state index contributed by atoms with van der Waals surface area (Å²) in [7, 11) is 0. The Hall–Kier alpha value is -3.12. The number of phenols is 1. The predicted molar refractivity (Wildman–Crippen MR) is 103 cm³/mol. The Morgan fingerprint density at radius 1 is 1.04 bits per heavy atom. The van der Waals surface area contributed by atoms with Crippen LogP contribution in [0.3, 0.4) is 0 Å². The van der Waals surface area contributed by atoms with Crippen LogP contribution >= 0.6 is 0 Å².